The zero-order valence-electron chi connectivity index (χ0n) is 10.6. The Labute approximate surface area is 121 Å². The maximum atomic E-state index is 11.8. The van der Waals surface area contributed by atoms with E-state index in [0.29, 0.717) is 11.6 Å². The minimum atomic E-state index is -0.0677. The van der Waals surface area contributed by atoms with Crippen LogP contribution in [-0.4, -0.2) is 12.5 Å². The van der Waals surface area contributed by atoms with Gasteiger partial charge in [-0.25, -0.2) is 0 Å². The number of rotatable bonds is 5. The lowest BCUT2D eigenvalue weighted by Crippen LogP contribution is -2.27. The van der Waals surface area contributed by atoms with E-state index in [1.807, 2.05) is 36.6 Å². The first-order valence-electron chi connectivity index (χ1n) is 5.94. The topological polar surface area (TPSA) is 41.1 Å². The number of hydrogen-bond donors (Lipinski definition) is 2. The van der Waals surface area contributed by atoms with E-state index in [-0.39, 0.29) is 12.5 Å². The minimum Gasteiger partial charge on any atom is -0.325 e. The number of anilines is 1. The predicted octanol–water partition coefficient (Wildman–Crippen LogP) is 3.44. The molecular weight excluding hydrogens is 280 g/mol. The van der Waals surface area contributed by atoms with Gasteiger partial charge in [0, 0.05) is 22.1 Å². The molecule has 0 aliphatic heterocycles. The third-order valence-electron chi connectivity index (χ3n) is 2.64. The Morgan fingerprint density at radius 1 is 1.37 bits per heavy atom. The first kappa shape index (κ1) is 14.1. The zero-order valence-corrected chi connectivity index (χ0v) is 12.1. The number of halogens is 1. The number of carbonyl (C=O) groups excluding carboxylic acids is 1. The fourth-order valence-electron chi connectivity index (χ4n) is 1.64. The van der Waals surface area contributed by atoms with Crippen LogP contribution >= 0.6 is 22.9 Å². The van der Waals surface area contributed by atoms with E-state index >= 15 is 0 Å². The molecule has 1 amide bonds. The Morgan fingerprint density at radius 3 is 2.95 bits per heavy atom. The lowest BCUT2D eigenvalue weighted by atomic mass is 10.2. The summed E-state index contributed by atoms with van der Waals surface area (Å²) in [6.45, 7) is 2.93. The van der Waals surface area contributed by atoms with E-state index in [9.17, 15) is 4.79 Å². The van der Waals surface area contributed by atoms with Crippen LogP contribution in [0.1, 0.15) is 10.4 Å². The first-order valence-corrected chi connectivity index (χ1v) is 7.20. The van der Waals surface area contributed by atoms with Crippen molar-refractivity contribution < 1.29 is 4.79 Å². The van der Waals surface area contributed by atoms with Crippen molar-refractivity contribution in [3.8, 4) is 0 Å². The standard InChI is InChI=1S/C14H15ClN2OS/c1-10-4-5-11(15)7-13(10)17-14(18)9-16-8-12-3-2-6-19-12/h2-7,16H,8-9H2,1H3,(H,17,18). The van der Waals surface area contributed by atoms with Gasteiger partial charge >= 0.3 is 0 Å². The number of hydrogen-bond acceptors (Lipinski definition) is 3. The molecule has 0 aliphatic carbocycles. The van der Waals surface area contributed by atoms with Crippen LogP contribution in [0.4, 0.5) is 5.69 Å². The molecule has 0 aliphatic rings. The van der Waals surface area contributed by atoms with E-state index < -0.39 is 0 Å². The van der Waals surface area contributed by atoms with E-state index in [0.717, 1.165) is 11.3 Å². The summed E-state index contributed by atoms with van der Waals surface area (Å²) in [7, 11) is 0. The van der Waals surface area contributed by atoms with Crippen LogP contribution in [0.2, 0.25) is 5.02 Å². The molecule has 5 heteroatoms. The highest BCUT2D eigenvalue weighted by atomic mass is 35.5. The summed E-state index contributed by atoms with van der Waals surface area (Å²) in [5.74, 6) is -0.0677. The fraction of sp³-hybridized carbons (Fsp3) is 0.214. The van der Waals surface area contributed by atoms with Gasteiger partial charge in [-0.1, -0.05) is 23.7 Å². The second-order valence-corrected chi connectivity index (χ2v) is 5.66. The molecule has 1 aromatic carbocycles. The summed E-state index contributed by atoms with van der Waals surface area (Å²) in [4.78, 5) is 13.0. The van der Waals surface area contributed by atoms with Gasteiger partial charge in [-0.05, 0) is 36.1 Å². The number of thiophene rings is 1. The van der Waals surface area contributed by atoms with Crippen molar-refractivity contribution in [2.75, 3.05) is 11.9 Å². The Hall–Kier alpha value is -1.36. The van der Waals surface area contributed by atoms with Crippen molar-refractivity contribution in [2.24, 2.45) is 0 Å². The molecule has 2 N–H and O–H groups in total. The molecule has 0 unspecified atom stereocenters. The Kier molecular flexibility index (Phi) is 4.96. The van der Waals surface area contributed by atoms with Gasteiger partial charge in [-0.15, -0.1) is 11.3 Å². The number of amides is 1. The van der Waals surface area contributed by atoms with Crippen LogP contribution in [0, 0.1) is 6.92 Å². The highest BCUT2D eigenvalue weighted by Gasteiger charge is 2.05. The lowest BCUT2D eigenvalue weighted by molar-refractivity contribution is -0.115. The van der Waals surface area contributed by atoms with Gasteiger partial charge in [0.2, 0.25) is 5.91 Å². The fourth-order valence-corrected chi connectivity index (χ4v) is 2.48. The van der Waals surface area contributed by atoms with Crippen LogP contribution in [-0.2, 0) is 11.3 Å². The van der Waals surface area contributed by atoms with Crippen molar-refractivity contribution in [1.82, 2.24) is 5.32 Å². The van der Waals surface area contributed by atoms with Crippen molar-refractivity contribution >= 4 is 34.5 Å². The molecule has 100 valence electrons. The van der Waals surface area contributed by atoms with Gasteiger partial charge < -0.3 is 10.6 Å². The second kappa shape index (κ2) is 6.70. The molecule has 0 spiro atoms. The van der Waals surface area contributed by atoms with E-state index in [1.165, 1.54) is 4.88 Å². The molecule has 3 nitrogen and oxygen atoms in total. The smallest absolute Gasteiger partial charge is 0.238 e. The van der Waals surface area contributed by atoms with E-state index in [4.69, 9.17) is 11.6 Å². The lowest BCUT2D eigenvalue weighted by Gasteiger charge is -2.09. The summed E-state index contributed by atoms with van der Waals surface area (Å²) in [5.41, 5.74) is 1.76. The summed E-state index contributed by atoms with van der Waals surface area (Å²) in [5, 5.41) is 8.59. The van der Waals surface area contributed by atoms with Crippen LogP contribution in [0.3, 0.4) is 0 Å². The average Bonchev–Trinajstić information content (AvgIpc) is 2.87. The Balaban J connectivity index is 1.82. The molecule has 0 saturated carbocycles. The van der Waals surface area contributed by atoms with Gasteiger partial charge in [-0.2, -0.15) is 0 Å². The molecule has 0 fully saturated rings. The van der Waals surface area contributed by atoms with Crippen molar-refractivity contribution in [2.45, 2.75) is 13.5 Å². The first-order chi connectivity index (χ1) is 9.15. The Morgan fingerprint density at radius 2 is 2.21 bits per heavy atom. The third-order valence-corrected chi connectivity index (χ3v) is 3.75. The van der Waals surface area contributed by atoms with Crippen molar-refractivity contribution in [3.63, 3.8) is 0 Å². The van der Waals surface area contributed by atoms with Crippen LogP contribution in [0.25, 0.3) is 0 Å². The maximum absolute atomic E-state index is 11.8. The SMILES string of the molecule is Cc1ccc(Cl)cc1NC(=O)CNCc1cccs1. The highest BCUT2D eigenvalue weighted by Crippen LogP contribution is 2.19. The monoisotopic (exact) mass is 294 g/mol. The van der Waals surface area contributed by atoms with Crippen LogP contribution in [0.15, 0.2) is 35.7 Å². The van der Waals surface area contributed by atoms with Gasteiger partial charge in [-0.3, -0.25) is 4.79 Å². The molecule has 2 aromatic rings. The minimum absolute atomic E-state index is 0.0677. The molecule has 19 heavy (non-hydrogen) atoms. The summed E-state index contributed by atoms with van der Waals surface area (Å²) < 4.78 is 0. The molecular formula is C14H15ClN2OS. The quantitative estimate of drug-likeness (QED) is 0.887. The van der Waals surface area contributed by atoms with E-state index in [2.05, 4.69) is 10.6 Å². The summed E-state index contributed by atoms with van der Waals surface area (Å²) in [6, 6.07) is 9.49. The predicted molar refractivity (Wildman–Crippen MR) is 80.8 cm³/mol. The van der Waals surface area contributed by atoms with Gasteiger partial charge in [0.05, 0.1) is 6.54 Å². The normalized spacial score (nSPS) is 10.4. The molecule has 1 aromatic heterocycles. The van der Waals surface area contributed by atoms with Crippen LogP contribution in [0.5, 0.6) is 0 Å². The van der Waals surface area contributed by atoms with Gasteiger partial charge in [0.15, 0.2) is 0 Å². The number of carbonyl (C=O) groups is 1. The van der Waals surface area contributed by atoms with Gasteiger partial charge in [0.25, 0.3) is 0 Å². The summed E-state index contributed by atoms with van der Waals surface area (Å²) in [6.07, 6.45) is 0. The maximum Gasteiger partial charge on any atom is 0.238 e. The largest absolute Gasteiger partial charge is 0.325 e. The van der Waals surface area contributed by atoms with E-state index in [1.54, 1.807) is 17.4 Å². The Bertz CT molecular complexity index is 555. The molecule has 2 rings (SSSR count). The molecule has 0 radical (unpaired) electrons. The second-order valence-electron chi connectivity index (χ2n) is 4.19. The summed E-state index contributed by atoms with van der Waals surface area (Å²) >= 11 is 7.58. The highest BCUT2D eigenvalue weighted by molar-refractivity contribution is 7.09. The zero-order chi connectivity index (χ0) is 13.7. The molecule has 0 saturated heterocycles. The van der Waals surface area contributed by atoms with Crippen LogP contribution < -0.4 is 10.6 Å². The molecule has 0 atom stereocenters. The average molecular weight is 295 g/mol. The van der Waals surface area contributed by atoms with Gasteiger partial charge in [0.1, 0.15) is 0 Å². The molecule has 0 bridgehead atoms. The number of benzene rings is 1. The van der Waals surface area contributed by atoms with Crippen molar-refractivity contribution in [3.05, 3.63) is 51.2 Å². The third kappa shape index (κ3) is 4.35. The molecule has 1 heterocycles. The number of aryl methyl sites for hydroxylation is 1. The number of nitrogens with one attached hydrogen (secondary N) is 2. The van der Waals surface area contributed by atoms with Crippen molar-refractivity contribution in [1.29, 1.82) is 0 Å².